The van der Waals surface area contributed by atoms with Crippen molar-refractivity contribution in [3.05, 3.63) is 88.7 Å². The van der Waals surface area contributed by atoms with Crippen LogP contribution in [0.15, 0.2) is 65.1 Å². The van der Waals surface area contributed by atoms with E-state index in [0.29, 0.717) is 11.3 Å². The predicted molar refractivity (Wildman–Crippen MR) is 96.3 cm³/mol. The van der Waals surface area contributed by atoms with E-state index in [0.717, 1.165) is 16.7 Å². The van der Waals surface area contributed by atoms with Gasteiger partial charge in [-0.25, -0.2) is 0 Å². The standard InChI is InChI=1S/C21H18N2O2/c1-14-15(2)25-21(18(14)13-22)23-20(24)19(16-9-5-3-6-10-16)17-11-7-4-8-12-17/h3-12,19H,1-2H3,(H,23,24). The molecular formula is C21H18N2O2. The van der Waals surface area contributed by atoms with Gasteiger partial charge in [0.05, 0.1) is 5.92 Å². The Morgan fingerprint density at radius 1 is 1.00 bits per heavy atom. The Morgan fingerprint density at radius 2 is 1.52 bits per heavy atom. The summed E-state index contributed by atoms with van der Waals surface area (Å²) >= 11 is 0. The number of anilines is 1. The molecular weight excluding hydrogens is 312 g/mol. The highest BCUT2D eigenvalue weighted by atomic mass is 16.4. The van der Waals surface area contributed by atoms with Crippen LogP contribution < -0.4 is 5.32 Å². The number of carbonyl (C=O) groups is 1. The first kappa shape index (κ1) is 16.5. The highest BCUT2D eigenvalue weighted by Crippen LogP contribution is 2.29. The second-order valence-electron chi connectivity index (χ2n) is 5.84. The molecule has 3 rings (SSSR count). The predicted octanol–water partition coefficient (Wildman–Crippen LogP) is 4.54. The fourth-order valence-electron chi connectivity index (χ4n) is 2.82. The van der Waals surface area contributed by atoms with Gasteiger partial charge in [0.2, 0.25) is 11.8 Å². The second-order valence-corrected chi connectivity index (χ2v) is 5.84. The van der Waals surface area contributed by atoms with Crippen LogP contribution in [-0.4, -0.2) is 5.91 Å². The molecule has 0 unspecified atom stereocenters. The summed E-state index contributed by atoms with van der Waals surface area (Å²) in [5, 5.41) is 12.1. The first-order valence-corrected chi connectivity index (χ1v) is 8.02. The Labute approximate surface area is 146 Å². The van der Waals surface area contributed by atoms with Crippen LogP contribution in [0.3, 0.4) is 0 Å². The molecule has 124 valence electrons. The summed E-state index contributed by atoms with van der Waals surface area (Å²) in [4.78, 5) is 13.0. The average molecular weight is 330 g/mol. The molecule has 3 aromatic rings. The summed E-state index contributed by atoms with van der Waals surface area (Å²) in [5.74, 6) is 0.115. The zero-order valence-electron chi connectivity index (χ0n) is 14.1. The number of hydrogen-bond acceptors (Lipinski definition) is 3. The summed E-state index contributed by atoms with van der Waals surface area (Å²) in [6.07, 6.45) is 0. The number of nitriles is 1. The molecule has 0 radical (unpaired) electrons. The van der Waals surface area contributed by atoms with Gasteiger partial charge in [0, 0.05) is 5.56 Å². The zero-order valence-corrected chi connectivity index (χ0v) is 14.1. The molecule has 1 amide bonds. The molecule has 0 bridgehead atoms. The first-order valence-electron chi connectivity index (χ1n) is 8.02. The Balaban J connectivity index is 1.99. The molecule has 0 aliphatic rings. The number of nitrogens with zero attached hydrogens (tertiary/aromatic N) is 1. The number of amides is 1. The van der Waals surface area contributed by atoms with Gasteiger partial charge in [-0.05, 0) is 25.0 Å². The normalized spacial score (nSPS) is 10.5. The Morgan fingerprint density at radius 3 is 2.00 bits per heavy atom. The third-order valence-electron chi connectivity index (χ3n) is 4.26. The van der Waals surface area contributed by atoms with Crippen LogP contribution in [0.2, 0.25) is 0 Å². The fraction of sp³-hybridized carbons (Fsp3) is 0.143. The number of benzene rings is 2. The van der Waals surface area contributed by atoms with E-state index in [-0.39, 0.29) is 11.8 Å². The number of furan rings is 1. The molecule has 0 aliphatic heterocycles. The topological polar surface area (TPSA) is 66.0 Å². The molecule has 1 heterocycles. The van der Waals surface area contributed by atoms with Gasteiger partial charge >= 0.3 is 0 Å². The van der Waals surface area contributed by atoms with Crippen molar-refractivity contribution >= 4 is 11.8 Å². The maximum Gasteiger partial charge on any atom is 0.238 e. The fourth-order valence-corrected chi connectivity index (χ4v) is 2.82. The van der Waals surface area contributed by atoms with Crippen LogP contribution >= 0.6 is 0 Å². The molecule has 0 saturated carbocycles. The van der Waals surface area contributed by atoms with E-state index in [9.17, 15) is 10.1 Å². The van der Waals surface area contributed by atoms with Gasteiger partial charge in [-0.3, -0.25) is 10.1 Å². The molecule has 25 heavy (non-hydrogen) atoms. The van der Waals surface area contributed by atoms with Crippen molar-refractivity contribution in [1.82, 2.24) is 0 Å². The van der Waals surface area contributed by atoms with Gasteiger partial charge in [0.15, 0.2) is 0 Å². The number of aryl methyl sites for hydroxylation is 1. The minimum atomic E-state index is -0.486. The Hall–Kier alpha value is -3.32. The summed E-state index contributed by atoms with van der Waals surface area (Å²) in [5.41, 5.74) is 2.87. The minimum Gasteiger partial charge on any atom is -0.444 e. The molecule has 0 aliphatic carbocycles. The van der Waals surface area contributed by atoms with Crippen molar-refractivity contribution in [2.75, 3.05) is 5.32 Å². The zero-order chi connectivity index (χ0) is 17.8. The Kier molecular flexibility index (Phi) is 4.67. The highest BCUT2D eigenvalue weighted by Gasteiger charge is 2.25. The quantitative estimate of drug-likeness (QED) is 0.764. The SMILES string of the molecule is Cc1oc(NC(=O)C(c2ccccc2)c2ccccc2)c(C#N)c1C. The summed E-state index contributed by atoms with van der Waals surface area (Å²) < 4.78 is 5.57. The molecule has 4 nitrogen and oxygen atoms in total. The molecule has 0 fully saturated rings. The van der Waals surface area contributed by atoms with Crippen LogP contribution in [0.4, 0.5) is 5.88 Å². The molecule has 0 atom stereocenters. The summed E-state index contributed by atoms with van der Waals surface area (Å²) in [7, 11) is 0. The van der Waals surface area contributed by atoms with Crippen LogP contribution in [0, 0.1) is 25.2 Å². The van der Waals surface area contributed by atoms with Crippen LogP contribution in [0.1, 0.15) is 33.9 Å². The average Bonchev–Trinajstić information content (AvgIpc) is 2.90. The van der Waals surface area contributed by atoms with Crippen LogP contribution in [0.25, 0.3) is 0 Å². The molecule has 0 spiro atoms. The van der Waals surface area contributed by atoms with E-state index in [1.165, 1.54) is 0 Å². The lowest BCUT2D eigenvalue weighted by Crippen LogP contribution is -2.22. The van der Waals surface area contributed by atoms with E-state index in [1.807, 2.05) is 60.7 Å². The third-order valence-corrected chi connectivity index (χ3v) is 4.26. The lowest BCUT2D eigenvalue weighted by atomic mass is 9.90. The molecule has 1 N–H and O–H groups in total. The van der Waals surface area contributed by atoms with Gasteiger partial charge in [-0.1, -0.05) is 60.7 Å². The number of hydrogen-bond donors (Lipinski definition) is 1. The molecule has 4 heteroatoms. The van der Waals surface area contributed by atoms with Crippen molar-refractivity contribution in [3.63, 3.8) is 0 Å². The van der Waals surface area contributed by atoms with Crippen molar-refractivity contribution in [1.29, 1.82) is 5.26 Å². The van der Waals surface area contributed by atoms with Gasteiger partial charge in [-0.15, -0.1) is 0 Å². The summed E-state index contributed by atoms with van der Waals surface area (Å²) in [6.45, 7) is 3.58. The van der Waals surface area contributed by atoms with E-state index in [1.54, 1.807) is 13.8 Å². The van der Waals surface area contributed by atoms with Crippen molar-refractivity contribution in [3.8, 4) is 6.07 Å². The van der Waals surface area contributed by atoms with Crippen LogP contribution in [-0.2, 0) is 4.79 Å². The maximum absolute atomic E-state index is 13.0. The van der Waals surface area contributed by atoms with Crippen LogP contribution in [0.5, 0.6) is 0 Å². The largest absolute Gasteiger partial charge is 0.444 e. The van der Waals surface area contributed by atoms with Gasteiger partial charge in [0.1, 0.15) is 17.4 Å². The van der Waals surface area contributed by atoms with E-state index in [4.69, 9.17) is 4.42 Å². The molecule has 0 saturated heterocycles. The van der Waals surface area contributed by atoms with Crippen molar-refractivity contribution in [2.24, 2.45) is 0 Å². The lowest BCUT2D eigenvalue weighted by Gasteiger charge is -2.17. The maximum atomic E-state index is 13.0. The van der Waals surface area contributed by atoms with E-state index >= 15 is 0 Å². The van der Waals surface area contributed by atoms with Crippen molar-refractivity contribution < 1.29 is 9.21 Å². The van der Waals surface area contributed by atoms with E-state index < -0.39 is 5.92 Å². The lowest BCUT2D eigenvalue weighted by molar-refractivity contribution is -0.116. The number of rotatable bonds is 4. The first-order chi connectivity index (χ1) is 12.1. The molecule has 2 aromatic carbocycles. The van der Waals surface area contributed by atoms with Gasteiger partial charge in [-0.2, -0.15) is 5.26 Å². The molecule has 1 aromatic heterocycles. The van der Waals surface area contributed by atoms with Gasteiger partial charge in [0.25, 0.3) is 0 Å². The van der Waals surface area contributed by atoms with E-state index in [2.05, 4.69) is 11.4 Å². The summed E-state index contributed by atoms with van der Waals surface area (Å²) in [6, 6.07) is 21.2. The highest BCUT2D eigenvalue weighted by molar-refractivity contribution is 5.98. The van der Waals surface area contributed by atoms with Crippen molar-refractivity contribution in [2.45, 2.75) is 19.8 Å². The monoisotopic (exact) mass is 330 g/mol. The van der Waals surface area contributed by atoms with Gasteiger partial charge < -0.3 is 4.42 Å². The second kappa shape index (κ2) is 7.06. The third kappa shape index (κ3) is 3.31. The number of nitrogens with one attached hydrogen (secondary N) is 1. The minimum absolute atomic E-state index is 0.208. The Bertz CT molecular complexity index is 882. The smallest absolute Gasteiger partial charge is 0.238 e. The number of carbonyl (C=O) groups excluding carboxylic acids is 1.